The third-order valence-corrected chi connectivity index (χ3v) is 5.28. The van der Waals surface area contributed by atoms with Gasteiger partial charge in [0, 0.05) is 34.2 Å². The summed E-state index contributed by atoms with van der Waals surface area (Å²) in [5.74, 6) is -0.563. The average Bonchev–Trinajstić information content (AvgIpc) is 3.40. The number of carbonyl (C=O) groups is 2. The van der Waals surface area contributed by atoms with Gasteiger partial charge in [-0.3, -0.25) is 9.59 Å². The fourth-order valence-electron chi connectivity index (χ4n) is 3.55. The Bertz CT molecular complexity index is 1180. The van der Waals surface area contributed by atoms with Gasteiger partial charge in [0.1, 0.15) is 6.33 Å². The van der Waals surface area contributed by atoms with Crippen LogP contribution in [-0.4, -0.2) is 54.8 Å². The molecule has 2 aromatic heterocycles. The minimum absolute atomic E-state index is 0.0352. The van der Waals surface area contributed by atoms with Crippen molar-refractivity contribution in [2.75, 3.05) is 11.9 Å². The van der Waals surface area contributed by atoms with Gasteiger partial charge < -0.3 is 20.7 Å². The smallest absolute Gasteiger partial charge is 0.256 e. The van der Waals surface area contributed by atoms with E-state index in [4.69, 9.17) is 11.6 Å². The molecule has 11 heteroatoms. The zero-order valence-electron chi connectivity index (χ0n) is 16.8. The lowest BCUT2D eigenvalue weighted by atomic mass is 10.0. The molecule has 1 unspecified atom stereocenters. The van der Waals surface area contributed by atoms with Crippen molar-refractivity contribution in [2.45, 2.75) is 26.5 Å². The molecule has 0 fully saturated rings. The van der Waals surface area contributed by atoms with Crippen molar-refractivity contribution in [3.8, 4) is 0 Å². The number of aryl methyl sites for hydroxylation is 1. The first-order valence-corrected chi connectivity index (χ1v) is 9.90. The fraction of sp³-hybridized carbons (Fsp3) is 0.250. The second-order valence-electron chi connectivity index (χ2n) is 7.26. The number of amides is 2. The number of nitrogens with one attached hydrogen (secondary N) is 3. The number of tetrazole rings is 1. The molecule has 3 heterocycles. The van der Waals surface area contributed by atoms with E-state index in [1.54, 1.807) is 38.1 Å². The number of carbonyl (C=O) groups excluding carboxylic acids is 2. The Hall–Kier alpha value is -3.50. The Labute approximate surface area is 182 Å². The minimum Gasteiger partial charge on any atom is -0.389 e. The van der Waals surface area contributed by atoms with E-state index in [9.17, 15) is 14.7 Å². The zero-order valence-corrected chi connectivity index (χ0v) is 17.6. The van der Waals surface area contributed by atoms with E-state index in [1.165, 1.54) is 11.0 Å². The average molecular weight is 442 g/mol. The first-order chi connectivity index (χ1) is 14.8. The van der Waals surface area contributed by atoms with Crippen LogP contribution in [0.3, 0.4) is 0 Å². The zero-order chi connectivity index (χ0) is 22.1. The van der Waals surface area contributed by atoms with E-state index in [0.29, 0.717) is 44.4 Å². The molecule has 0 aliphatic carbocycles. The molecule has 0 spiro atoms. The molecule has 1 atom stereocenters. The highest BCUT2D eigenvalue weighted by Gasteiger charge is 2.26. The first kappa shape index (κ1) is 20.8. The fourth-order valence-corrected chi connectivity index (χ4v) is 3.72. The van der Waals surface area contributed by atoms with Gasteiger partial charge in [0.15, 0.2) is 0 Å². The van der Waals surface area contributed by atoms with Gasteiger partial charge in [-0.1, -0.05) is 11.6 Å². The summed E-state index contributed by atoms with van der Waals surface area (Å²) >= 11 is 6.09. The van der Waals surface area contributed by atoms with Crippen LogP contribution < -0.4 is 10.6 Å². The number of aliphatic hydroxyl groups excluding tert-OH is 1. The van der Waals surface area contributed by atoms with Gasteiger partial charge in [0.25, 0.3) is 11.8 Å². The summed E-state index contributed by atoms with van der Waals surface area (Å²) in [6, 6.07) is 5.19. The van der Waals surface area contributed by atoms with Crippen LogP contribution in [0.25, 0.3) is 11.6 Å². The first-order valence-electron chi connectivity index (χ1n) is 9.52. The Balaban J connectivity index is 1.53. The lowest BCUT2D eigenvalue weighted by molar-refractivity contribution is -0.110. The lowest BCUT2D eigenvalue weighted by Gasteiger charge is -2.11. The third-order valence-electron chi connectivity index (χ3n) is 5.04. The van der Waals surface area contributed by atoms with Crippen molar-refractivity contribution >= 4 is 40.8 Å². The summed E-state index contributed by atoms with van der Waals surface area (Å²) in [6.45, 7) is 3.77. The van der Waals surface area contributed by atoms with Crippen LogP contribution in [0.2, 0.25) is 5.02 Å². The third kappa shape index (κ3) is 4.21. The van der Waals surface area contributed by atoms with Gasteiger partial charge in [-0.05, 0) is 54.1 Å². The number of hydrogen-bond acceptors (Lipinski definition) is 6. The van der Waals surface area contributed by atoms with Crippen molar-refractivity contribution in [2.24, 2.45) is 0 Å². The predicted octanol–water partition coefficient (Wildman–Crippen LogP) is 1.56. The quantitative estimate of drug-likeness (QED) is 0.428. The van der Waals surface area contributed by atoms with Crippen molar-refractivity contribution in [3.63, 3.8) is 0 Å². The van der Waals surface area contributed by atoms with Crippen LogP contribution >= 0.6 is 11.6 Å². The normalized spacial score (nSPS) is 15.1. The van der Waals surface area contributed by atoms with Crippen LogP contribution in [0, 0.1) is 13.8 Å². The Kier molecular flexibility index (Phi) is 5.57. The Morgan fingerprint density at radius 3 is 2.94 bits per heavy atom. The number of rotatable bonds is 6. The van der Waals surface area contributed by atoms with Gasteiger partial charge in [0.05, 0.1) is 23.8 Å². The lowest BCUT2D eigenvalue weighted by Crippen LogP contribution is -2.35. The second kappa shape index (κ2) is 8.32. The second-order valence-corrected chi connectivity index (χ2v) is 7.70. The summed E-state index contributed by atoms with van der Waals surface area (Å²) in [7, 11) is 0. The number of nitrogens with zero attached hydrogens (tertiary/aromatic N) is 4. The van der Waals surface area contributed by atoms with Gasteiger partial charge in [-0.15, -0.1) is 5.10 Å². The molecule has 3 aromatic rings. The van der Waals surface area contributed by atoms with Crippen molar-refractivity contribution in [1.82, 2.24) is 30.5 Å². The van der Waals surface area contributed by atoms with E-state index in [2.05, 4.69) is 31.1 Å². The highest BCUT2D eigenvalue weighted by atomic mass is 35.5. The predicted molar refractivity (Wildman–Crippen MR) is 114 cm³/mol. The number of aromatic nitrogens is 5. The molecule has 1 aromatic carbocycles. The SMILES string of the molecule is Cc1[nH]c(C=C2C(=O)Nc3ccc(Cl)cc32)c(C)c1C(=O)NCC(O)Cn1cnnn1. The molecule has 0 saturated heterocycles. The van der Waals surface area contributed by atoms with Crippen LogP contribution in [0.1, 0.15) is 32.9 Å². The van der Waals surface area contributed by atoms with Gasteiger partial charge in [-0.2, -0.15) is 0 Å². The Morgan fingerprint density at radius 1 is 1.39 bits per heavy atom. The monoisotopic (exact) mass is 441 g/mol. The summed E-state index contributed by atoms with van der Waals surface area (Å²) in [5, 5.41) is 26.8. The van der Waals surface area contributed by atoms with Gasteiger partial charge in [0.2, 0.25) is 0 Å². The molecule has 1 aliphatic heterocycles. The number of anilines is 1. The molecule has 4 rings (SSSR count). The summed E-state index contributed by atoms with van der Waals surface area (Å²) in [4.78, 5) is 28.3. The molecule has 1 aliphatic rings. The van der Waals surface area contributed by atoms with E-state index >= 15 is 0 Å². The molecule has 31 heavy (non-hydrogen) atoms. The minimum atomic E-state index is -0.850. The molecule has 4 N–H and O–H groups in total. The molecular weight excluding hydrogens is 422 g/mol. The van der Waals surface area contributed by atoms with Crippen LogP contribution in [0.4, 0.5) is 5.69 Å². The van der Waals surface area contributed by atoms with Crippen molar-refractivity contribution in [1.29, 1.82) is 0 Å². The topological polar surface area (TPSA) is 138 Å². The molecule has 10 nitrogen and oxygen atoms in total. The van der Waals surface area contributed by atoms with E-state index in [-0.39, 0.29) is 24.9 Å². The molecule has 0 saturated carbocycles. The van der Waals surface area contributed by atoms with Crippen LogP contribution in [0.15, 0.2) is 24.5 Å². The van der Waals surface area contributed by atoms with Crippen molar-refractivity contribution < 1.29 is 14.7 Å². The standard InChI is InChI=1S/C20H20ClN7O3/c1-10-17(6-15-14-5-12(21)3-4-16(14)25-19(15)30)24-11(2)18(10)20(31)22-7-13(29)8-28-9-23-26-27-28/h3-6,9,13,24,29H,7-8H2,1-2H3,(H,22,31)(H,25,30). The van der Waals surface area contributed by atoms with Gasteiger partial charge in [-0.25, -0.2) is 4.68 Å². The summed E-state index contributed by atoms with van der Waals surface area (Å²) < 4.78 is 1.38. The largest absolute Gasteiger partial charge is 0.389 e. The summed E-state index contributed by atoms with van der Waals surface area (Å²) in [6.07, 6.45) is 2.25. The van der Waals surface area contributed by atoms with Crippen molar-refractivity contribution in [3.05, 3.63) is 57.6 Å². The number of fused-ring (bicyclic) bond motifs is 1. The maximum absolute atomic E-state index is 12.7. The van der Waals surface area contributed by atoms with E-state index in [0.717, 1.165) is 0 Å². The molecule has 160 valence electrons. The summed E-state index contributed by atoms with van der Waals surface area (Å²) in [5.41, 5.74) is 4.33. The number of halogens is 1. The number of aromatic amines is 1. The van der Waals surface area contributed by atoms with Crippen LogP contribution in [0.5, 0.6) is 0 Å². The number of hydrogen-bond donors (Lipinski definition) is 4. The van der Waals surface area contributed by atoms with Crippen LogP contribution in [-0.2, 0) is 11.3 Å². The number of H-pyrrole nitrogens is 1. The highest BCUT2D eigenvalue weighted by Crippen LogP contribution is 2.35. The molecule has 0 radical (unpaired) electrons. The molecule has 2 amide bonds. The highest BCUT2D eigenvalue weighted by molar-refractivity contribution is 6.36. The molecule has 0 bridgehead atoms. The maximum Gasteiger partial charge on any atom is 0.256 e. The van der Waals surface area contributed by atoms with E-state index < -0.39 is 6.10 Å². The molecular formula is C20H20ClN7O3. The van der Waals surface area contributed by atoms with E-state index in [1.807, 2.05) is 0 Å². The maximum atomic E-state index is 12.7. The number of aliphatic hydroxyl groups is 1. The number of benzene rings is 1. The van der Waals surface area contributed by atoms with Gasteiger partial charge >= 0.3 is 0 Å². The Morgan fingerprint density at radius 2 is 2.19 bits per heavy atom.